The van der Waals surface area contributed by atoms with Gasteiger partial charge in [0.05, 0.1) is 17.9 Å². The number of rotatable bonds is 17. The van der Waals surface area contributed by atoms with E-state index in [9.17, 15) is 29.2 Å². The number of anilines is 1. The van der Waals surface area contributed by atoms with Crippen LogP contribution >= 0.6 is 0 Å². The molecule has 1 fully saturated rings. The van der Waals surface area contributed by atoms with Crippen molar-refractivity contribution in [2.75, 3.05) is 52.2 Å². The summed E-state index contributed by atoms with van der Waals surface area (Å²) in [6, 6.07) is 14.2. The number of ether oxygens (including phenoxy) is 3. The molecule has 69 heavy (non-hydrogen) atoms. The number of nitriles is 1. The third-order valence-electron chi connectivity index (χ3n) is 11.9. The van der Waals surface area contributed by atoms with Gasteiger partial charge in [0.25, 0.3) is 5.91 Å². The third-order valence-corrected chi connectivity index (χ3v) is 11.9. The zero-order valence-electron chi connectivity index (χ0n) is 39.2. The first-order valence-corrected chi connectivity index (χ1v) is 23.1. The lowest BCUT2D eigenvalue weighted by molar-refractivity contribution is -0.141. The van der Waals surface area contributed by atoms with Gasteiger partial charge >= 0.3 is 0 Å². The van der Waals surface area contributed by atoms with Gasteiger partial charge in [0.2, 0.25) is 23.6 Å². The van der Waals surface area contributed by atoms with Crippen LogP contribution in [0.1, 0.15) is 78.7 Å². The van der Waals surface area contributed by atoms with Crippen molar-refractivity contribution < 1.29 is 38.2 Å². The average Bonchev–Trinajstić information content (AvgIpc) is 3.34. The van der Waals surface area contributed by atoms with Gasteiger partial charge in [-0.2, -0.15) is 5.26 Å². The number of carbonyl (C=O) groups excluding carboxylic acids is 5. The molecule has 5 amide bonds. The van der Waals surface area contributed by atoms with E-state index in [-0.39, 0.29) is 75.4 Å². The van der Waals surface area contributed by atoms with Crippen LogP contribution in [0.5, 0.6) is 17.2 Å². The van der Waals surface area contributed by atoms with Gasteiger partial charge in [0.15, 0.2) is 5.82 Å². The number of hydrogen-bond acceptors (Lipinski definition) is 15. The lowest BCUT2D eigenvalue weighted by Crippen LogP contribution is -2.56. The monoisotopic (exact) mass is 946 g/mol. The molecule has 0 saturated heterocycles. The van der Waals surface area contributed by atoms with E-state index < -0.39 is 53.7 Å². The van der Waals surface area contributed by atoms with Crippen molar-refractivity contribution in [3.63, 3.8) is 0 Å². The number of nitrogens with one attached hydrogen (secondary N) is 4. The minimum absolute atomic E-state index is 0.00792. The second-order valence-corrected chi connectivity index (χ2v) is 17.0. The number of carbonyl (C=O) groups is 5. The van der Waals surface area contributed by atoms with E-state index in [1.165, 1.54) is 20.4 Å². The first-order valence-electron chi connectivity index (χ1n) is 23.1. The molecule has 4 aromatic rings. The minimum atomic E-state index is -1.43. The maximum absolute atomic E-state index is 14.7. The van der Waals surface area contributed by atoms with Crippen LogP contribution in [0.4, 0.5) is 5.82 Å². The summed E-state index contributed by atoms with van der Waals surface area (Å²) in [6.45, 7) is 3.32. The fraction of sp³-hybridized carbons (Fsp3) is 0.429. The van der Waals surface area contributed by atoms with Gasteiger partial charge in [-0.15, -0.1) is 0 Å². The van der Waals surface area contributed by atoms with Crippen LogP contribution < -0.4 is 58.4 Å². The number of nitrogen functional groups attached to an aromatic ring is 1. The predicted octanol–water partition coefficient (Wildman–Crippen LogP) is 1.92. The van der Waals surface area contributed by atoms with E-state index >= 15 is 0 Å². The highest BCUT2D eigenvalue weighted by Crippen LogP contribution is 2.40. The maximum Gasteiger partial charge on any atom is 0.257 e. The molecule has 1 unspecified atom stereocenters. The van der Waals surface area contributed by atoms with Crippen LogP contribution in [-0.2, 0) is 25.6 Å². The Morgan fingerprint density at radius 3 is 2.19 bits per heavy atom. The first-order chi connectivity index (χ1) is 33.3. The summed E-state index contributed by atoms with van der Waals surface area (Å²) in [5.41, 5.74) is 26.8. The number of nitrogens with zero attached hydrogens (tertiary/aromatic N) is 4. The Kier molecular flexibility index (Phi) is 17.8. The molecule has 3 aromatic carbocycles. The number of likely N-dealkylation sites (N-methyl/N-ethyl adjacent to an activating group) is 1. The number of amides is 5. The fourth-order valence-corrected chi connectivity index (χ4v) is 8.42. The van der Waals surface area contributed by atoms with E-state index in [1.807, 2.05) is 30.3 Å². The largest absolute Gasteiger partial charge is 0.492 e. The molecule has 0 spiro atoms. The van der Waals surface area contributed by atoms with Crippen molar-refractivity contribution >= 4 is 35.4 Å². The van der Waals surface area contributed by atoms with Gasteiger partial charge in [0.1, 0.15) is 72.6 Å². The van der Waals surface area contributed by atoms with Crippen LogP contribution in [-0.4, -0.2) is 115 Å². The van der Waals surface area contributed by atoms with E-state index in [0.717, 1.165) is 36.3 Å². The number of fused-ring (bicyclic) bond motifs is 5. The van der Waals surface area contributed by atoms with Crippen molar-refractivity contribution in [1.82, 2.24) is 36.1 Å². The number of aryl methyl sites for hydroxylation is 1. The molecule has 0 radical (unpaired) electrons. The summed E-state index contributed by atoms with van der Waals surface area (Å²) in [4.78, 5) is 80.8. The number of hydrogen-bond donors (Lipinski definition) is 8. The van der Waals surface area contributed by atoms with E-state index in [0.29, 0.717) is 45.1 Å². The Morgan fingerprint density at radius 1 is 0.884 bits per heavy atom. The maximum atomic E-state index is 14.7. The van der Waals surface area contributed by atoms with E-state index in [1.54, 1.807) is 43.3 Å². The molecule has 20 nitrogen and oxygen atoms in total. The highest BCUT2D eigenvalue weighted by atomic mass is 16.5. The van der Waals surface area contributed by atoms with Crippen LogP contribution in [0.25, 0.3) is 22.5 Å². The van der Waals surface area contributed by atoms with Gasteiger partial charge in [-0.05, 0) is 112 Å². The zero-order chi connectivity index (χ0) is 49.6. The second-order valence-electron chi connectivity index (χ2n) is 17.0. The van der Waals surface area contributed by atoms with Crippen LogP contribution in [0.2, 0.25) is 0 Å². The Balaban J connectivity index is 1.34. The quantitative estimate of drug-likeness (QED) is 0.0702. The molecule has 4 bridgehead atoms. The zero-order valence-corrected chi connectivity index (χ0v) is 39.2. The summed E-state index contributed by atoms with van der Waals surface area (Å²) >= 11 is 0. The molecule has 12 N–H and O–H groups in total. The summed E-state index contributed by atoms with van der Waals surface area (Å²) in [5, 5.41) is 19.8. The summed E-state index contributed by atoms with van der Waals surface area (Å²) < 4.78 is 18.4. The van der Waals surface area contributed by atoms with Gasteiger partial charge in [-0.25, -0.2) is 9.97 Å². The van der Waals surface area contributed by atoms with Crippen molar-refractivity contribution in [1.29, 1.82) is 5.26 Å². The molecule has 6 rings (SSSR count). The molecule has 20 heteroatoms. The Hall–Kier alpha value is -7.34. The SMILES string of the molecule is Cc1nc(-c2ccc(OC3CCCCC3)cc2)nc(N)c1C(=O)NC(CCN)C(=O)N(C)[C@@H]1C(=O)N[C@@H](C)C(=O)N[C@H](C(=O)NCC#N)Cc2ccc(OCCN)c(c2)-c2cc1ccc2OCCN. The average molecular weight is 947 g/mol. The van der Waals surface area contributed by atoms with Crippen LogP contribution in [0.3, 0.4) is 0 Å². The Morgan fingerprint density at radius 2 is 1.55 bits per heavy atom. The normalized spacial score (nSPS) is 17.7. The molecular formula is C49H62N12O8. The minimum Gasteiger partial charge on any atom is -0.492 e. The standard InChI is InChI=1S/C49H62N12O8/c1-28-41(43(54)60-44(56-28)31-10-13-34(14-11-31)69-33-7-5-4-6-8-33)47(64)58-37(17-18-50)49(66)61(3)42-32-12-16-40(68-24-21-53)36(27-32)35-25-30(9-15-39(35)67-23-20-52)26-38(46(63)55-22-19-51)59-45(62)29(2)57-48(42)65/h9-16,25,27,29,33,37-38,42H,4-8,17-18,20-24,26,50,52-53H2,1-3H3,(H,55,63)(H,57,65)(H,58,64)(H,59,62)(H2,54,56,60)/t29-,37?,38-,42-/m0/s1. The molecule has 1 saturated carbocycles. The molecule has 2 heterocycles. The number of aromatic nitrogens is 2. The van der Waals surface area contributed by atoms with Gasteiger partial charge in [0, 0.05) is 43.2 Å². The van der Waals surface area contributed by atoms with Crippen molar-refractivity contribution in [3.8, 4) is 45.8 Å². The molecule has 1 aliphatic heterocycles. The van der Waals surface area contributed by atoms with Crippen molar-refractivity contribution in [2.45, 2.75) is 89.1 Å². The summed E-state index contributed by atoms with van der Waals surface area (Å²) in [5.74, 6) is -1.90. The highest BCUT2D eigenvalue weighted by Gasteiger charge is 2.36. The first kappa shape index (κ1) is 51.1. The lowest BCUT2D eigenvalue weighted by atomic mass is 9.93. The molecule has 366 valence electrons. The summed E-state index contributed by atoms with van der Waals surface area (Å²) in [7, 11) is 1.39. The topological polar surface area (TPSA) is 318 Å². The van der Waals surface area contributed by atoms with Gasteiger partial charge < -0.3 is 63.3 Å². The lowest BCUT2D eigenvalue weighted by Gasteiger charge is -2.32. The molecule has 1 aliphatic carbocycles. The van der Waals surface area contributed by atoms with Crippen molar-refractivity contribution in [3.05, 3.63) is 83.0 Å². The molecule has 2 aliphatic rings. The molecule has 1 aromatic heterocycles. The van der Waals surface area contributed by atoms with Crippen LogP contribution in [0, 0.1) is 18.3 Å². The number of benzene rings is 3. The fourth-order valence-electron chi connectivity index (χ4n) is 8.42. The van der Waals surface area contributed by atoms with Gasteiger partial charge in [-0.1, -0.05) is 18.6 Å². The van der Waals surface area contributed by atoms with E-state index in [2.05, 4.69) is 31.2 Å². The Labute approximate surface area is 401 Å². The van der Waals surface area contributed by atoms with E-state index in [4.69, 9.17) is 37.1 Å². The summed E-state index contributed by atoms with van der Waals surface area (Å²) in [6.07, 6.45) is 5.69. The highest BCUT2D eigenvalue weighted by molar-refractivity contribution is 6.02. The van der Waals surface area contributed by atoms with Crippen LogP contribution in [0.15, 0.2) is 60.7 Å². The second kappa shape index (κ2) is 24.1. The molecular weight excluding hydrogens is 885 g/mol. The van der Waals surface area contributed by atoms with Gasteiger partial charge in [-0.3, -0.25) is 24.0 Å². The van der Waals surface area contributed by atoms with Crippen molar-refractivity contribution in [2.24, 2.45) is 17.2 Å². The third kappa shape index (κ3) is 12.8. The Bertz CT molecular complexity index is 2500. The predicted molar refractivity (Wildman–Crippen MR) is 257 cm³/mol. The molecule has 4 atom stereocenters. The smallest absolute Gasteiger partial charge is 0.257 e. The number of nitrogens with two attached hydrogens (primary N) is 4.